The lowest BCUT2D eigenvalue weighted by atomic mass is 10.1. The number of halogens is 2. The molecule has 0 amide bonds. The molecule has 2 rings (SSSR count). The van der Waals surface area contributed by atoms with Gasteiger partial charge < -0.3 is 0 Å². The average molecular weight is 303 g/mol. The third kappa shape index (κ3) is 2.94. The maximum atomic E-state index is 12.0. The summed E-state index contributed by atoms with van der Waals surface area (Å²) in [6, 6.07) is 5.36. The standard InChI is InChI=1S/C12H12Cl2N2OS/c1-2-5-16-12(17)11(15-18-16)7-8-3-4-9(13)10(14)6-8/h3-4,6H,2,5,7H2,1H3. The summed E-state index contributed by atoms with van der Waals surface area (Å²) in [5.41, 5.74) is 1.50. The van der Waals surface area contributed by atoms with Gasteiger partial charge in [0, 0.05) is 24.7 Å². The van der Waals surface area contributed by atoms with Crippen LogP contribution in [0.4, 0.5) is 0 Å². The van der Waals surface area contributed by atoms with Gasteiger partial charge in [-0.15, -0.1) is 0 Å². The Labute approximate surface area is 119 Å². The third-order valence-corrected chi connectivity index (χ3v) is 4.09. The average Bonchev–Trinajstić information content (AvgIpc) is 2.67. The van der Waals surface area contributed by atoms with Gasteiger partial charge in [0.25, 0.3) is 5.56 Å². The quantitative estimate of drug-likeness (QED) is 0.865. The van der Waals surface area contributed by atoms with Gasteiger partial charge in [0.1, 0.15) is 5.69 Å². The van der Waals surface area contributed by atoms with Crippen LogP contribution in [0.5, 0.6) is 0 Å². The first-order valence-corrected chi connectivity index (χ1v) is 7.10. The minimum atomic E-state index is -0.00655. The van der Waals surface area contributed by atoms with E-state index in [9.17, 15) is 4.79 Å². The molecular weight excluding hydrogens is 291 g/mol. The second-order valence-corrected chi connectivity index (χ2v) is 5.55. The van der Waals surface area contributed by atoms with E-state index in [2.05, 4.69) is 4.37 Å². The van der Waals surface area contributed by atoms with Crippen LogP contribution in [0.1, 0.15) is 24.6 Å². The molecule has 1 heterocycles. The van der Waals surface area contributed by atoms with Gasteiger partial charge in [-0.25, -0.2) is 3.96 Å². The van der Waals surface area contributed by atoms with Gasteiger partial charge in [-0.3, -0.25) is 4.79 Å². The normalized spacial score (nSPS) is 10.8. The molecule has 0 aliphatic rings. The second kappa shape index (κ2) is 5.87. The summed E-state index contributed by atoms with van der Waals surface area (Å²) in [7, 11) is 0. The van der Waals surface area contributed by atoms with Crippen molar-refractivity contribution < 1.29 is 0 Å². The van der Waals surface area contributed by atoms with Crippen LogP contribution in [0.3, 0.4) is 0 Å². The highest BCUT2D eigenvalue weighted by atomic mass is 35.5. The van der Waals surface area contributed by atoms with E-state index in [1.165, 1.54) is 11.7 Å². The number of aromatic nitrogens is 2. The molecule has 0 aliphatic heterocycles. The van der Waals surface area contributed by atoms with Crippen molar-refractivity contribution >= 4 is 34.9 Å². The molecule has 6 heteroatoms. The number of nitrogens with zero attached hydrogens (tertiary/aromatic N) is 2. The van der Waals surface area contributed by atoms with Crippen molar-refractivity contribution in [2.45, 2.75) is 26.3 Å². The Hall–Kier alpha value is -0.840. The van der Waals surface area contributed by atoms with Crippen LogP contribution in [-0.2, 0) is 13.0 Å². The van der Waals surface area contributed by atoms with Crippen LogP contribution in [0.2, 0.25) is 10.0 Å². The second-order valence-electron chi connectivity index (χ2n) is 3.95. The predicted molar refractivity (Wildman–Crippen MR) is 75.9 cm³/mol. The Balaban J connectivity index is 2.23. The summed E-state index contributed by atoms with van der Waals surface area (Å²) in [5, 5.41) is 1.01. The van der Waals surface area contributed by atoms with E-state index in [1.807, 2.05) is 13.0 Å². The lowest BCUT2D eigenvalue weighted by Crippen LogP contribution is -2.16. The third-order valence-electron chi connectivity index (χ3n) is 2.51. The summed E-state index contributed by atoms with van der Waals surface area (Å²) in [5.74, 6) is 0. The zero-order chi connectivity index (χ0) is 13.1. The van der Waals surface area contributed by atoms with Crippen LogP contribution in [0.25, 0.3) is 0 Å². The van der Waals surface area contributed by atoms with E-state index in [0.717, 1.165) is 18.5 Å². The van der Waals surface area contributed by atoms with Crippen molar-refractivity contribution in [3.8, 4) is 0 Å². The molecule has 1 aromatic heterocycles. The Kier molecular flexibility index (Phi) is 4.43. The lowest BCUT2D eigenvalue weighted by molar-refractivity contribution is 0.709. The molecule has 0 atom stereocenters. The molecule has 3 nitrogen and oxygen atoms in total. The van der Waals surface area contributed by atoms with Crippen molar-refractivity contribution in [2.75, 3.05) is 0 Å². The molecule has 1 aromatic carbocycles. The van der Waals surface area contributed by atoms with Gasteiger partial charge in [0.05, 0.1) is 10.0 Å². The fourth-order valence-electron chi connectivity index (χ4n) is 1.61. The summed E-state index contributed by atoms with van der Waals surface area (Å²) >= 11 is 13.0. The van der Waals surface area contributed by atoms with Gasteiger partial charge in [-0.1, -0.05) is 36.2 Å². The van der Waals surface area contributed by atoms with Crippen LogP contribution >= 0.6 is 34.9 Å². The summed E-state index contributed by atoms with van der Waals surface area (Å²) < 4.78 is 5.87. The number of aryl methyl sites for hydroxylation is 1. The first-order chi connectivity index (χ1) is 8.61. The zero-order valence-electron chi connectivity index (χ0n) is 9.82. The van der Waals surface area contributed by atoms with Crippen molar-refractivity contribution in [3.05, 3.63) is 49.9 Å². The number of benzene rings is 1. The van der Waals surface area contributed by atoms with E-state index < -0.39 is 0 Å². The topological polar surface area (TPSA) is 34.9 Å². The number of hydrogen-bond donors (Lipinski definition) is 0. The van der Waals surface area contributed by atoms with Crippen LogP contribution in [0, 0.1) is 0 Å². The Morgan fingerprint density at radius 3 is 2.78 bits per heavy atom. The molecular formula is C12H12Cl2N2OS. The predicted octanol–water partition coefficient (Wildman–Crippen LogP) is 3.61. The van der Waals surface area contributed by atoms with E-state index in [-0.39, 0.29) is 5.56 Å². The molecule has 96 valence electrons. The fourth-order valence-corrected chi connectivity index (χ4v) is 2.72. The monoisotopic (exact) mass is 302 g/mol. The van der Waals surface area contributed by atoms with E-state index >= 15 is 0 Å². The molecule has 0 N–H and O–H groups in total. The molecule has 2 aromatic rings. The summed E-state index contributed by atoms with van der Waals surface area (Å²) in [6.45, 7) is 2.75. The highest BCUT2D eigenvalue weighted by Gasteiger charge is 2.09. The summed E-state index contributed by atoms with van der Waals surface area (Å²) in [6.07, 6.45) is 1.41. The van der Waals surface area contributed by atoms with Gasteiger partial charge in [0.2, 0.25) is 0 Å². The van der Waals surface area contributed by atoms with Crippen LogP contribution in [-0.4, -0.2) is 8.33 Å². The van der Waals surface area contributed by atoms with Gasteiger partial charge in [0.15, 0.2) is 0 Å². The van der Waals surface area contributed by atoms with Crippen LogP contribution < -0.4 is 5.56 Å². The fraction of sp³-hybridized carbons (Fsp3) is 0.333. The maximum absolute atomic E-state index is 12.0. The smallest absolute Gasteiger partial charge is 0.266 e. The minimum Gasteiger partial charge on any atom is -0.266 e. The number of rotatable bonds is 4. The minimum absolute atomic E-state index is 0.00655. The van der Waals surface area contributed by atoms with E-state index in [1.54, 1.807) is 16.1 Å². The highest BCUT2D eigenvalue weighted by molar-refractivity contribution is 6.99. The first kappa shape index (κ1) is 13.6. The van der Waals surface area contributed by atoms with E-state index in [0.29, 0.717) is 22.2 Å². The van der Waals surface area contributed by atoms with Gasteiger partial charge >= 0.3 is 0 Å². The Bertz CT molecular complexity index is 606. The lowest BCUT2D eigenvalue weighted by Gasteiger charge is -2.00. The van der Waals surface area contributed by atoms with Gasteiger partial charge in [-0.05, 0) is 24.1 Å². The van der Waals surface area contributed by atoms with Crippen LogP contribution in [0.15, 0.2) is 23.0 Å². The Morgan fingerprint density at radius 1 is 1.33 bits per heavy atom. The van der Waals surface area contributed by atoms with Crippen molar-refractivity contribution in [2.24, 2.45) is 0 Å². The number of hydrogen-bond acceptors (Lipinski definition) is 3. The molecule has 0 aliphatic carbocycles. The molecule has 0 bridgehead atoms. The van der Waals surface area contributed by atoms with Crippen molar-refractivity contribution in [1.82, 2.24) is 8.33 Å². The van der Waals surface area contributed by atoms with Gasteiger partial charge in [-0.2, -0.15) is 4.37 Å². The molecule has 0 saturated carbocycles. The molecule has 0 saturated heterocycles. The SMILES string of the molecule is CCCn1snc(Cc2ccc(Cl)c(Cl)c2)c1=O. The maximum Gasteiger partial charge on any atom is 0.283 e. The Morgan fingerprint density at radius 2 is 2.11 bits per heavy atom. The zero-order valence-corrected chi connectivity index (χ0v) is 12.1. The van der Waals surface area contributed by atoms with Crippen molar-refractivity contribution in [3.63, 3.8) is 0 Å². The largest absolute Gasteiger partial charge is 0.283 e. The van der Waals surface area contributed by atoms with Crippen molar-refractivity contribution in [1.29, 1.82) is 0 Å². The first-order valence-electron chi connectivity index (χ1n) is 5.61. The molecule has 18 heavy (non-hydrogen) atoms. The molecule has 0 radical (unpaired) electrons. The molecule has 0 spiro atoms. The molecule has 0 unspecified atom stereocenters. The summed E-state index contributed by atoms with van der Waals surface area (Å²) in [4.78, 5) is 12.0. The highest BCUT2D eigenvalue weighted by Crippen LogP contribution is 2.23. The van der Waals surface area contributed by atoms with E-state index in [4.69, 9.17) is 23.2 Å². The molecule has 0 fully saturated rings.